The van der Waals surface area contributed by atoms with Crippen LogP contribution in [-0.2, 0) is 5.75 Å². The van der Waals surface area contributed by atoms with E-state index in [0.717, 1.165) is 17.1 Å². The Labute approximate surface area is 178 Å². The van der Waals surface area contributed by atoms with Crippen molar-refractivity contribution in [1.82, 2.24) is 30.0 Å². The highest BCUT2D eigenvalue weighted by atomic mass is 32.2. The van der Waals surface area contributed by atoms with Gasteiger partial charge in [-0.2, -0.15) is 15.0 Å². The molecule has 9 heteroatoms. The Morgan fingerprint density at radius 1 is 1.07 bits per heavy atom. The summed E-state index contributed by atoms with van der Waals surface area (Å²) in [7, 11) is 0. The highest BCUT2D eigenvalue weighted by molar-refractivity contribution is 7.98. The van der Waals surface area contributed by atoms with Gasteiger partial charge in [-0.15, -0.1) is 5.10 Å². The van der Waals surface area contributed by atoms with E-state index in [1.165, 1.54) is 11.8 Å². The van der Waals surface area contributed by atoms with Gasteiger partial charge in [0.15, 0.2) is 0 Å². The molecule has 2 aromatic heterocycles. The average Bonchev–Trinajstić information content (AvgIpc) is 3.37. The fourth-order valence-corrected chi connectivity index (χ4v) is 3.98. The molecule has 150 valence electrons. The molecule has 0 radical (unpaired) electrons. The Kier molecular flexibility index (Phi) is 5.77. The predicted octanol–water partition coefficient (Wildman–Crippen LogP) is 3.72. The lowest BCUT2D eigenvalue weighted by atomic mass is 10.2. The molecule has 0 amide bonds. The van der Waals surface area contributed by atoms with Crippen LogP contribution in [0.3, 0.4) is 0 Å². The fraction of sp³-hybridized carbons (Fsp3) is 0.190. The van der Waals surface area contributed by atoms with Gasteiger partial charge in [-0.25, -0.2) is 4.68 Å². The van der Waals surface area contributed by atoms with Crippen LogP contribution < -0.4 is 4.74 Å². The molecular formula is C21H19N7OS. The third-order valence-corrected chi connectivity index (χ3v) is 5.37. The second-order valence-corrected chi connectivity index (χ2v) is 7.27. The molecule has 8 nitrogen and oxygen atoms in total. The zero-order chi connectivity index (χ0) is 20.9. The van der Waals surface area contributed by atoms with Crippen molar-refractivity contribution in [3.63, 3.8) is 0 Å². The molecule has 0 atom stereocenters. The summed E-state index contributed by atoms with van der Waals surface area (Å²) >= 11 is 1.44. The summed E-state index contributed by atoms with van der Waals surface area (Å²) in [4.78, 5) is 0. The van der Waals surface area contributed by atoms with E-state index in [0.29, 0.717) is 34.5 Å². The standard InChI is InChI=1S/C21H19N7OS/c1-3-29-20-12-8-7-11-18(20)28-21(23-25-26-28)30-14-19-17(13-22)15(2)24-27(19)16-9-5-4-6-10-16/h4-12H,3,14H2,1-2H3. The number of thioether (sulfide) groups is 1. The first-order valence-electron chi connectivity index (χ1n) is 9.40. The molecule has 0 aliphatic rings. The van der Waals surface area contributed by atoms with E-state index < -0.39 is 0 Å². The van der Waals surface area contributed by atoms with Crippen LogP contribution in [0, 0.1) is 18.3 Å². The Bertz CT molecular complexity index is 1190. The third-order valence-electron chi connectivity index (χ3n) is 4.44. The van der Waals surface area contributed by atoms with Crippen LogP contribution in [0.15, 0.2) is 59.8 Å². The molecule has 0 bridgehead atoms. The van der Waals surface area contributed by atoms with Crippen LogP contribution in [0.25, 0.3) is 11.4 Å². The van der Waals surface area contributed by atoms with Gasteiger partial charge in [-0.1, -0.05) is 42.1 Å². The van der Waals surface area contributed by atoms with Crippen LogP contribution in [0.1, 0.15) is 23.9 Å². The lowest BCUT2D eigenvalue weighted by molar-refractivity contribution is 0.337. The second-order valence-electron chi connectivity index (χ2n) is 6.33. The number of hydrogen-bond acceptors (Lipinski definition) is 7. The molecule has 0 saturated carbocycles. The van der Waals surface area contributed by atoms with Crippen molar-refractivity contribution in [3.8, 4) is 23.2 Å². The van der Waals surface area contributed by atoms with Crippen LogP contribution in [0.2, 0.25) is 0 Å². The van der Waals surface area contributed by atoms with Crippen molar-refractivity contribution in [3.05, 3.63) is 71.5 Å². The number of tetrazole rings is 1. The first kappa shape index (κ1) is 19.7. The van der Waals surface area contributed by atoms with Crippen LogP contribution in [-0.4, -0.2) is 36.6 Å². The van der Waals surface area contributed by atoms with E-state index in [2.05, 4.69) is 26.7 Å². The smallest absolute Gasteiger partial charge is 0.214 e. The summed E-state index contributed by atoms with van der Waals surface area (Å²) in [6, 6.07) is 19.7. The number of para-hydroxylation sites is 3. The Balaban J connectivity index is 1.67. The van der Waals surface area contributed by atoms with Gasteiger partial charge in [-0.3, -0.25) is 0 Å². The van der Waals surface area contributed by atoms with Gasteiger partial charge in [0.1, 0.15) is 17.5 Å². The number of hydrogen-bond donors (Lipinski definition) is 0. The molecule has 0 spiro atoms. The van der Waals surface area contributed by atoms with Gasteiger partial charge < -0.3 is 4.74 Å². The van der Waals surface area contributed by atoms with Crippen LogP contribution in [0.4, 0.5) is 0 Å². The molecule has 2 aromatic carbocycles. The van der Waals surface area contributed by atoms with Gasteiger partial charge in [0.25, 0.3) is 0 Å². The fourth-order valence-electron chi connectivity index (χ4n) is 3.10. The molecular weight excluding hydrogens is 398 g/mol. The number of nitriles is 1. The minimum absolute atomic E-state index is 0.482. The van der Waals surface area contributed by atoms with Crippen molar-refractivity contribution in [2.75, 3.05) is 6.61 Å². The van der Waals surface area contributed by atoms with Gasteiger partial charge >= 0.3 is 0 Å². The number of ether oxygens (including phenoxy) is 1. The normalized spacial score (nSPS) is 10.7. The summed E-state index contributed by atoms with van der Waals surface area (Å²) < 4.78 is 9.17. The van der Waals surface area contributed by atoms with E-state index >= 15 is 0 Å². The Hall–Kier alpha value is -3.64. The number of nitrogens with zero attached hydrogens (tertiary/aromatic N) is 7. The van der Waals surface area contributed by atoms with Gasteiger partial charge in [0, 0.05) is 5.75 Å². The predicted molar refractivity (Wildman–Crippen MR) is 113 cm³/mol. The van der Waals surface area contributed by atoms with Crippen LogP contribution in [0.5, 0.6) is 5.75 Å². The molecule has 0 fully saturated rings. The van der Waals surface area contributed by atoms with E-state index in [9.17, 15) is 5.26 Å². The van der Waals surface area contributed by atoms with Crippen LogP contribution >= 0.6 is 11.8 Å². The topological polar surface area (TPSA) is 94.4 Å². The molecule has 4 rings (SSSR count). The van der Waals surface area contributed by atoms with E-state index in [1.54, 1.807) is 4.68 Å². The SMILES string of the molecule is CCOc1ccccc1-n1nnnc1SCc1c(C#N)c(C)nn1-c1ccccc1. The zero-order valence-corrected chi connectivity index (χ0v) is 17.4. The summed E-state index contributed by atoms with van der Waals surface area (Å²) in [6.07, 6.45) is 0. The minimum atomic E-state index is 0.482. The maximum Gasteiger partial charge on any atom is 0.214 e. The first-order chi connectivity index (χ1) is 14.7. The summed E-state index contributed by atoms with van der Waals surface area (Å²) in [5.74, 6) is 1.19. The molecule has 30 heavy (non-hydrogen) atoms. The Morgan fingerprint density at radius 3 is 2.60 bits per heavy atom. The molecule has 0 unspecified atom stereocenters. The monoisotopic (exact) mass is 417 g/mol. The van der Waals surface area contributed by atoms with Gasteiger partial charge in [-0.05, 0) is 48.5 Å². The van der Waals surface area contributed by atoms with E-state index in [4.69, 9.17) is 4.74 Å². The van der Waals surface area contributed by atoms with Crippen molar-refractivity contribution < 1.29 is 4.74 Å². The number of benzene rings is 2. The van der Waals surface area contributed by atoms with Crippen molar-refractivity contribution in [2.45, 2.75) is 24.8 Å². The Morgan fingerprint density at radius 2 is 1.83 bits per heavy atom. The molecule has 0 aliphatic carbocycles. The lowest BCUT2D eigenvalue weighted by Crippen LogP contribution is -2.05. The first-order valence-corrected chi connectivity index (χ1v) is 10.4. The second kappa shape index (κ2) is 8.80. The summed E-state index contributed by atoms with van der Waals surface area (Å²) in [5.41, 5.74) is 3.73. The largest absolute Gasteiger partial charge is 0.492 e. The third kappa shape index (κ3) is 3.77. The number of aryl methyl sites for hydroxylation is 1. The maximum absolute atomic E-state index is 9.67. The lowest BCUT2D eigenvalue weighted by Gasteiger charge is -2.11. The average molecular weight is 417 g/mol. The molecule has 4 aromatic rings. The van der Waals surface area contributed by atoms with Crippen molar-refractivity contribution in [1.29, 1.82) is 5.26 Å². The molecule has 0 aliphatic heterocycles. The minimum Gasteiger partial charge on any atom is -0.492 e. The zero-order valence-electron chi connectivity index (χ0n) is 16.6. The van der Waals surface area contributed by atoms with Crippen molar-refractivity contribution in [2.24, 2.45) is 0 Å². The number of rotatable bonds is 7. The molecule has 2 heterocycles. The summed E-state index contributed by atoms with van der Waals surface area (Å²) in [6.45, 7) is 4.32. The van der Waals surface area contributed by atoms with Crippen molar-refractivity contribution >= 4 is 11.8 Å². The van der Waals surface area contributed by atoms with Gasteiger partial charge in [0.2, 0.25) is 5.16 Å². The van der Waals surface area contributed by atoms with Gasteiger partial charge in [0.05, 0.1) is 29.2 Å². The summed E-state index contributed by atoms with van der Waals surface area (Å²) in [5, 5.41) is 27.0. The highest BCUT2D eigenvalue weighted by Crippen LogP contribution is 2.29. The van der Waals surface area contributed by atoms with E-state index in [1.807, 2.05) is 73.1 Å². The molecule has 0 N–H and O–H groups in total. The number of aromatic nitrogens is 6. The van der Waals surface area contributed by atoms with E-state index in [-0.39, 0.29) is 0 Å². The maximum atomic E-state index is 9.67. The highest BCUT2D eigenvalue weighted by Gasteiger charge is 2.19. The molecule has 0 saturated heterocycles. The quantitative estimate of drug-likeness (QED) is 0.423.